The lowest BCUT2D eigenvalue weighted by Gasteiger charge is -2.08. The van der Waals surface area contributed by atoms with Crippen molar-refractivity contribution in [3.63, 3.8) is 0 Å². The first-order valence-corrected chi connectivity index (χ1v) is 12.4. The normalized spacial score (nSPS) is 27.5. The van der Waals surface area contributed by atoms with Crippen molar-refractivity contribution in [2.24, 2.45) is 5.92 Å². The monoisotopic (exact) mass is 448 g/mol. The number of hydrogen-bond acceptors (Lipinski definition) is 4. The van der Waals surface area contributed by atoms with E-state index in [0.29, 0.717) is 24.2 Å². The van der Waals surface area contributed by atoms with Crippen LogP contribution in [0, 0.1) is 17.8 Å². The lowest BCUT2D eigenvalue weighted by atomic mass is 10.0. The van der Waals surface area contributed by atoms with E-state index in [1.165, 1.54) is 30.0 Å². The third kappa shape index (κ3) is 3.71. The SMILES string of the molecule is C[C@H]1CC[C@@H](c2nc(-c3ccc4cc(C#Cc5c[nH]c([C@@H]6C[C@H]7C[C@H]7N6)n5)ccc4c3)c[nH]2)N1. The molecule has 2 saturated heterocycles. The summed E-state index contributed by atoms with van der Waals surface area (Å²) in [5.74, 6) is 9.41. The Labute approximate surface area is 199 Å². The highest BCUT2D eigenvalue weighted by atomic mass is 15.1. The van der Waals surface area contributed by atoms with Crippen molar-refractivity contribution in [3.05, 3.63) is 71.7 Å². The molecule has 170 valence electrons. The van der Waals surface area contributed by atoms with E-state index in [1.807, 2.05) is 12.4 Å². The molecule has 2 aromatic carbocycles. The Balaban J connectivity index is 1.08. The number of rotatable bonds is 3. The van der Waals surface area contributed by atoms with Gasteiger partial charge in [0.1, 0.15) is 17.3 Å². The Morgan fingerprint density at radius 2 is 1.68 bits per heavy atom. The van der Waals surface area contributed by atoms with Gasteiger partial charge in [-0.15, -0.1) is 0 Å². The summed E-state index contributed by atoms with van der Waals surface area (Å²) in [6.45, 7) is 2.23. The molecule has 3 fully saturated rings. The van der Waals surface area contributed by atoms with Gasteiger partial charge in [0.15, 0.2) is 0 Å². The molecule has 5 atom stereocenters. The van der Waals surface area contributed by atoms with Crippen molar-refractivity contribution in [1.82, 2.24) is 30.6 Å². The quantitative estimate of drug-likeness (QED) is 0.346. The molecule has 2 aromatic heterocycles. The minimum absolute atomic E-state index is 0.330. The summed E-state index contributed by atoms with van der Waals surface area (Å²) in [6, 6.07) is 14.8. The lowest BCUT2D eigenvalue weighted by molar-refractivity contribution is 0.543. The predicted molar refractivity (Wildman–Crippen MR) is 133 cm³/mol. The maximum absolute atomic E-state index is 4.87. The Bertz CT molecular complexity index is 1430. The first kappa shape index (κ1) is 20.0. The van der Waals surface area contributed by atoms with Gasteiger partial charge in [-0.05, 0) is 73.4 Å². The zero-order valence-electron chi connectivity index (χ0n) is 19.2. The summed E-state index contributed by atoms with van der Waals surface area (Å²) in [7, 11) is 0. The van der Waals surface area contributed by atoms with Crippen LogP contribution in [0.25, 0.3) is 22.0 Å². The van der Waals surface area contributed by atoms with Crippen molar-refractivity contribution in [2.45, 2.75) is 56.8 Å². The molecule has 3 aliphatic rings. The van der Waals surface area contributed by atoms with Crippen LogP contribution in [0.1, 0.15) is 67.6 Å². The molecular formula is C28H28N6. The van der Waals surface area contributed by atoms with Gasteiger partial charge in [-0.1, -0.05) is 24.1 Å². The third-order valence-electron chi connectivity index (χ3n) is 7.58. The van der Waals surface area contributed by atoms with Crippen molar-refractivity contribution in [1.29, 1.82) is 0 Å². The van der Waals surface area contributed by atoms with E-state index >= 15 is 0 Å². The molecule has 0 radical (unpaired) electrons. The van der Waals surface area contributed by atoms with Crippen molar-refractivity contribution >= 4 is 10.8 Å². The topological polar surface area (TPSA) is 81.4 Å². The van der Waals surface area contributed by atoms with Crippen LogP contribution < -0.4 is 10.6 Å². The molecule has 6 nitrogen and oxygen atoms in total. The van der Waals surface area contributed by atoms with Gasteiger partial charge in [-0.2, -0.15) is 0 Å². The maximum atomic E-state index is 4.87. The van der Waals surface area contributed by atoms with Gasteiger partial charge in [-0.3, -0.25) is 0 Å². The molecular weight excluding hydrogens is 420 g/mol. The highest BCUT2D eigenvalue weighted by Crippen LogP contribution is 2.45. The van der Waals surface area contributed by atoms with Crippen LogP contribution in [0.5, 0.6) is 0 Å². The van der Waals surface area contributed by atoms with Gasteiger partial charge in [0.25, 0.3) is 0 Å². The summed E-state index contributed by atoms with van der Waals surface area (Å²) in [6.07, 6.45) is 8.78. The molecule has 4 heterocycles. The molecule has 0 unspecified atom stereocenters. The Kier molecular flexibility index (Phi) is 4.61. The average molecular weight is 449 g/mol. The number of nitrogens with one attached hydrogen (secondary N) is 4. The van der Waals surface area contributed by atoms with Gasteiger partial charge in [0, 0.05) is 35.6 Å². The molecule has 0 bridgehead atoms. The highest BCUT2D eigenvalue weighted by molar-refractivity contribution is 5.88. The van der Waals surface area contributed by atoms with E-state index in [0.717, 1.165) is 46.5 Å². The van der Waals surface area contributed by atoms with E-state index in [2.05, 4.69) is 75.8 Å². The zero-order chi connectivity index (χ0) is 22.6. The third-order valence-corrected chi connectivity index (χ3v) is 7.58. The molecule has 1 saturated carbocycles. The van der Waals surface area contributed by atoms with Crippen LogP contribution in [-0.2, 0) is 0 Å². The van der Waals surface area contributed by atoms with Crippen molar-refractivity contribution in [3.8, 4) is 23.1 Å². The number of nitrogens with zero attached hydrogens (tertiary/aromatic N) is 2. The summed E-state index contributed by atoms with van der Waals surface area (Å²) in [5.41, 5.74) is 3.91. The Morgan fingerprint density at radius 3 is 2.53 bits per heavy atom. The van der Waals surface area contributed by atoms with Crippen molar-refractivity contribution < 1.29 is 0 Å². The van der Waals surface area contributed by atoms with Gasteiger partial charge in [-0.25, -0.2) is 9.97 Å². The summed E-state index contributed by atoms with van der Waals surface area (Å²) >= 11 is 0. The number of fused-ring (bicyclic) bond motifs is 2. The molecule has 4 N–H and O–H groups in total. The van der Waals surface area contributed by atoms with E-state index in [4.69, 9.17) is 9.97 Å². The van der Waals surface area contributed by atoms with E-state index in [1.54, 1.807) is 0 Å². The second kappa shape index (κ2) is 7.83. The van der Waals surface area contributed by atoms with Crippen LogP contribution in [0.3, 0.4) is 0 Å². The minimum atomic E-state index is 0.330. The lowest BCUT2D eigenvalue weighted by Crippen LogP contribution is -2.21. The predicted octanol–water partition coefficient (Wildman–Crippen LogP) is 4.59. The molecule has 34 heavy (non-hydrogen) atoms. The summed E-state index contributed by atoms with van der Waals surface area (Å²) < 4.78 is 0. The molecule has 6 heteroatoms. The van der Waals surface area contributed by atoms with Crippen LogP contribution in [0.4, 0.5) is 0 Å². The molecule has 1 aliphatic carbocycles. The molecule has 0 spiro atoms. The maximum Gasteiger partial charge on any atom is 0.131 e. The van der Waals surface area contributed by atoms with Gasteiger partial charge in [0.2, 0.25) is 0 Å². The number of H-pyrrole nitrogens is 2. The van der Waals surface area contributed by atoms with Crippen LogP contribution >= 0.6 is 0 Å². The molecule has 7 rings (SSSR count). The fraction of sp³-hybridized carbons (Fsp3) is 0.357. The number of piperidine rings is 1. The fourth-order valence-electron chi connectivity index (χ4n) is 5.54. The van der Waals surface area contributed by atoms with Crippen LogP contribution in [-0.4, -0.2) is 32.0 Å². The first-order chi connectivity index (χ1) is 16.7. The minimum Gasteiger partial charge on any atom is -0.347 e. The number of aromatic amines is 2. The molecule has 2 aliphatic heterocycles. The van der Waals surface area contributed by atoms with Crippen LogP contribution in [0.15, 0.2) is 48.8 Å². The smallest absolute Gasteiger partial charge is 0.131 e. The van der Waals surface area contributed by atoms with Gasteiger partial charge in [0.05, 0.1) is 17.8 Å². The van der Waals surface area contributed by atoms with Crippen LogP contribution in [0.2, 0.25) is 0 Å². The number of imidazole rings is 2. The van der Waals surface area contributed by atoms with Gasteiger partial charge >= 0.3 is 0 Å². The molecule has 0 amide bonds. The zero-order valence-corrected chi connectivity index (χ0v) is 19.2. The highest BCUT2D eigenvalue weighted by Gasteiger charge is 2.46. The first-order valence-electron chi connectivity index (χ1n) is 12.4. The second-order valence-electron chi connectivity index (χ2n) is 10.1. The second-order valence-corrected chi connectivity index (χ2v) is 10.1. The summed E-state index contributed by atoms with van der Waals surface area (Å²) in [4.78, 5) is 16.2. The number of hydrogen-bond donors (Lipinski definition) is 4. The Morgan fingerprint density at radius 1 is 0.824 bits per heavy atom. The van der Waals surface area contributed by atoms with Gasteiger partial charge < -0.3 is 20.6 Å². The number of aromatic nitrogens is 4. The number of benzene rings is 2. The Hall–Kier alpha value is -3.40. The largest absolute Gasteiger partial charge is 0.347 e. The van der Waals surface area contributed by atoms with E-state index < -0.39 is 0 Å². The summed E-state index contributed by atoms with van der Waals surface area (Å²) in [5, 5.41) is 9.59. The van der Waals surface area contributed by atoms with E-state index in [-0.39, 0.29) is 0 Å². The van der Waals surface area contributed by atoms with E-state index in [9.17, 15) is 0 Å². The standard InChI is InChI=1S/C28H28N6/c1-16-2-9-23(31-16)27-30-15-26(34-27)20-7-6-18-10-17(3-5-19(18)11-20)4-8-22-14-29-28(32-22)25-13-21-12-24(21)33-25/h3,5-7,10-11,14-16,21,23-25,31,33H,2,9,12-13H2,1H3,(H,29,32)(H,30,34)/t16-,21+,23-,24+,25-/m0/s1. The van der Waals surface area contributed by atoms with Crippen molar-refractivity contribution in [2.75, 3.05) is 0 Å². The molecule has 4 aromatic rings. The average Bonchev–Trinajstić information content (AvgIpc) is 3.41. The fourth-order valence-corrected chi connectivity index (χ4v) is 5.54.